The number of nitrogens with one attached hydrogen (secondary N) is 1. The van der Waals surface area contributed by atoms with Crippen molar-refractivity contribution in [3.05, 3.63) is 33.3 Å². The highest BCUT2D eigenvalue weighted by Crippen LogP contribution is 2.31. The number of rotatable bonds is 4. The lowest BCUT2D eigenvalue weighted by Crippen LogP contribution is -3.11. The summed E-state index contributed by atoms with van der Waals surface area (Å²) in [6, 6.07) is 4.73. The third-order valence-electron chi connectivity index (χ3n) is 4.82. The van der Waals surface area contributed by atoms with Gasteiger partial charge < -0.3 is 14.7 Å². The summed E-state index contributed by atoms with van der Waals surface area (Å²) in [7, 11) is 0. The summed E-state index contributed by atoms with van der Waals surface area (Å²) < 4.78 is 0. The van der Waals surface area contributed by atoms with Crippen molar-refractivity contribution in [1.82, 2.24) is 4.90 Å². The molecule has 0 atom stereocenters. The van der Waals surface area contributed by atoms with Crippen LogP contribution in [-0.2, 0) is 4.79 Å². The molecule has 0 saturated carbocycles. The number of anilines is 1. The summed E-state index contributed by atoms with van der Waals surface area (Å²) in [5, 5.41) is 11.6. The molecule has 2 aliphatic heterocycles. The van der Waals surface area contributed by atoms with E-state index in [0.29, 0.717) is 43.4 Å². The van der Waals surface area contributed by atoms with E-state index in [9.17, 15) is 14.9 Å². The largest absolute Gasteiger partial charge is 0.362 e. The van der Waals surface area contributed by atoms with Crippen molar-refractivity contribution in [3.63, 3.8) is 0 Å². The topological polar surface area (TPSA) is 71.1 Å². The van der Waals surface area contributed by atoms with Crippen LogP contribution in [0.4, 0.5) is 11.4 Å². The predicted octanol–water partition coefficient (Wildman–Crippen LogP) is 0.575. The first-order valence-corrected chi connectivity index (χ1v) is 8.72. The van der Waals surface area contributed by atoms with E-state index in [4.69, 9.17) is 11.6 Å². The molecule has 2 aliphatic rings. The van der Waals surface area contributed by atoms with Gasteiger partial charge in [0.2, 0.25) is 0 Å². The minimum Gasteiger partial charge on any atom is -0.362 e. The second kappa shape index (κ2) is 7.36. The third-order valence-corrected chi connectivity index (χ3v) is 5.05. The monoisotopic (exact) mass is 353 g/mol. The standard InChI is InChI=1S/C16H21ClN4O3/c17-13-3-4-14(15(11-13)21(23)24)19-7-9-20(10-8-19)16(22)12-18-5-1-2-6-18/h3-4,11H,1-2,5-10,12H2/p+1. The summed E-state index contributed by atoms with van der Waals surface area (Å²) in [6.45, 7) is 5.15. The van der Waals surface area contributed by atoms with Crippen molar-refractivity contribution in [2.45, 2.75) is 12.8 Å². The number of hydrogen-bond donors (Lipinski definition) is 1. The number of piperazine rings is 1. The van der Waals surface area contributed by atoms with Gasteiger partial charge in [-0.25, -0.2) is 0 Å². The van der Waals surface area contributed by atoms with Crippen molar-refractivity contribution in [3.8, 4) is 0 Å². The molecule has 0 aromatic heterocycles. The summed E-state index contributed by atoms with van der Waals surface area (Å²) >= 11 is 5.87. The molecule has 2 saturated heterocycles. The zero-order valence-corrected chi connectivity index (χ0v) is 14.3. The zero-order valence-electron chi connectivity index (χ0n) is 13.5. The Morgan fingerprint density at radius 3 is 2.50 bits per heavy atom. The second-order valence-electron chi connectivity index (χ2n) is 6.39. The van der Waals surface area contributed by atoms with Crippen LogP contribution in [0.15, 0.2) is 18.2 Å². The quantitative estimate of drug-likeness (QED) is 0.635. The van der Waals surface area contributed by atoms with E-state index in [1.807, 2.05) is 9.80 Å². The van der Waals surface area contributed by atoms with Gasteiger partial charge in [0.05, 0.1) is 18.0 Å². The number of likely N-dealkylation sites (tertiary alicyclic amines) is 1. The lowest BCUT2D eigenvalue weighted by molar-refractivity contribution is -0.879. The minimum absolute atomic E-state index is 0.0174. The molecule has 0 bridgehead atoms. The molecule has 2 heterocycles. The fourth-order valence-electron chi connectivity index (χ4n) is 3.48. The van der Waals surface area contributed by atoms with Gasteiger partial charge in [-0.05, 0) is 12.1 Å². The molecule has 24 heavy (non-hydrogen) atoms. The van der Waals surface area contributed by atoms with Crippen LogP contribution in [0.1, 0.15) is 12.8 Å². The third kappa shape index (κ3) is 3.79. The van der Waals surface area contributed by atoms with Crippen LogP contribution in [-0.4, -0.2) is 61.5 Å². The normalized spacial score (nSPS) is 18.9. The fourth-order valence-corrected chi connectivity index (χ4v) is 3.65. The van der Waals surface area contributed by atoms with Gasteiger partial charge in [-0.1, -0.05) is 11.6 Å². The molecule has 1 amide bonds. The minimum atomic E-state index is -0.407. The van der Waals surface area contributed by atoms with Crippen LogP contribution in [0.5, 0.6) is 0 Å². The Labute approximate surface area is 145 Å². The molecular formula is C16H22ClN4O3+. The highest BCUT2D eigenvalue weighted by Gasteiger charge is 2.28. The van der Waals surface area contributed by atoms with Gasteiger partial charge in [0.25, 0.3) is 11.6 Å². The summed E-state index contributed by atoms with van der Waals surface area (Å²) in [5.41, 5.74) is 0.588. The van der Waals surface area contributed by atoms with E-state index in [-0.39, 0.29) is 11.6 Å². The lowest BCUT2D eigenvalue weighted by atomic mass is 10.2. The molecule has 1 aromatic carbocycles. The van der Waals surface area contributed by atoms with E-state index in [0.717, 1.165) is 13.1 Å². The van der Waals surface area contributed by atoms with Gasteiger partial charge in [0, 0.05) is 50.1 Å². The van der Waals surface area contributed by atoms with E-state index in [1.54, 1.807) is 12.1 Å². The van der Waals surface area contributed by atoms with Gasteiger partial charge >= 0.3 is 0 Å². The van der Waals surface area contributed by atoms with Gasteiger partial charge in [-0.3, -0.25) is 14.9 Å². The molecule has 130 valence electrons. The van der Waals surface area contributed by atoms with Crippen molar-refractivity contribution < 1.29 is 14.6 Å². The number of quaternary nitrogens is 1. The van der Waals surface area contributed by atoms with Crippen LogP contribution in [0.2, 0.25) is 5.02 Å². The number of carbonyl (C=O) groups is 1. The first-order chi connectivity index (χ1) is 11.5. The van der Waals surface area contributed by atoms with Crippen LogP contribution in [0, 0.1) is 10.1 Å². The first kappa shape index (κ1) is 17.0. The van der Waals surface area contributed by atoms with Gasteiger partial charge in [-0.15, -0.1) is 0 Å². The number of carbonyl (C=O) groups excluding carboxylic acids is 1. The Kier molecular flexibility index (Phi) is 5.20. The Bertz CT molecular complexity index is 626. The van der Waals surface area contributed by atoms with Crippen molar-refractivity contribution in [2.24, 2.45) is 0 Å². The number of nitro benzene ring substituents is 1. The molecule has 3 rings (SSSR count). The molecule has 1 N–H and O–H groups in total. The Hall–Kier alpha value is -1.86. The molecule has 7 nitrogen and oxygen atoms in total. The fraction of sp³-hybridized carbons (Fsp3) is 0.562. The van der Waals surface area contributed by atoms with E-state index in [1.165, 1.54) is 23.8 Å². The Morgan fingerprint density at radius 1 is 1.21 bits per heavy atom. The molecule has 1 aromatic rings. The molecule has 0 unspecified atom stereocenters. The van der Waals surface area contributed by atoms with Gasteiger partial charge in [0.1, 0.15) is 5.69 Å². The lowest BCUT2D eigenvalue weighted by Gasteiger charge is -2.36. The number of benzene rings is 1. The maximum Gasteiger partial charge on any atom is 0.294 e. The number of halogens is 1. The molecule has 0 aliphatic carbocycles. The van der Waals surface area contributed by atoms with E-state index in [2.05, 4.69) is 0 Å². The van der Waals surface area contributed by atoms with Gasteiger partial charge in [0.15, 0.2) is 6.54 Å². The summed E-state index contributed by atoms with van der Waals surface area (Å²) in [6.07, 6.45) is 2.41. The number of hydrogen-bond acceptors (Lipinski definition) is 4. The first-order valence-electron chi connectivity index (χ1n) is 8.35. The van der Waals surface area contributed by atoms with Crippen LogP contribution >= 0.6 is 11.6 Å². The molecular weight excluding hydrogens is 332 g/mol. The van der Waals surface area contributed by atoms with Crippen LogP contribution in [0.25, 0.3) is 0 Å². The summed E-state index contributed by atoms with van der Waals surface area (Å²) in [5.74, 6) is 0.192. The van der Waals surface area contributed by atoms with Crippen molar-refractivity contribution in [2.75, 3.05) is 50.7 Å². The predicted molar refractivity (Wildman–Crippen MR) is 91.7 cm³/mol. The average Bonchev–Trinajstić information content (AvgIpc) is 3.08. The van der Waals surface area contributed by atoms with Crippen LogP contribution in [0.3, 0.4) is 0 Å². The number of nitrogens with zero attached hydrogens (tertiary/aromatic N) is 3. The molecule has 2 fully saturated rings. The maximum atomic E-state index is 12.4. The second-order valence-corrected chi connectivity index (χ2v) is 6.83. The summed E-state index contributed by atoms with van der Waals surface area (Å²) in [4.78, 5) is 28.4. The SMILES string of the molecule is O=C(C[NH+]1CCCC1)N1CCN(c2ccc(Cl)cc2[N+](=O)[O-])CC1. The Balaban J connectivity index is 1.60. The maximum absolute atomic E-state index is 12.4. The highest BCUT2D eigenvalue weighted by molar-refractivity contribution is 6.30. The number of amides is 1. The van der Waals surface area contributed by atoms with E-state index < -0.39 is 4.92 Å². The van der Waals surface area contributed by atoms with Crippen molar-refractivity contribution >= 4 is 28.9 Å². The average molecular weight is 354 g/mol. The van der Waals surface area contributed by atoms with Crippen molar-refractivity contribution in [1.29, 1.82) is 0 Å². The zero-order chi connectivity index (χ0) is 17.1. The van der Waals surface area contributed by atoms with Crippen LogP contribution < -0.4 is 9.80 Å². The number of nitro groups is 1. The molecule has 8 heteroatoms. The molecule has 0 spiro atoms. The smallest absolute Gasteiger partial charge is 0.294 e. The van der Waals surface area contributed by atoms with E-state index >= 15 is 0 Å². The highest BCUT2D eigenvalue weighted by atomic mass is 35.5. The Morgan fingerprint density at radius 2 is 1.88 bits per heavy atom. The molecule has 0 radical (unpaired) electrons. The van der Waals surface area contributed by atoms with Gasteiger partial charge in [-0.2, -0.15) is 0 Å².